The fourth-order valence-electron chi connectivity index (χ4n) is 3.36. The fraction of sp³-hybridized carbons (Fsp3) is 0.545. The van der Waals surface area contributed by atoms with Crippen LogP contribution in [0.1, 0.15) is 38.2 Å². The van der Waals surface area contributed by atoms with E-state index >= 15 is 0 Å². The average molecular weight is 375 g/mol. The zero-order valence-electron chi connectivity index (χ0n) is 16.9. The van der Waals surface area contributed by atoms with Crippen molar-refractivity contribution in [2.45, 2.75) is 70.4 Å². The van der Waals surface area contributed by atoms with Crippen molar-refractivity contribution in [3.05, 3.63) is 53.6 Å². The summed E-state index contributed by atoms with van der Waals surface area (Å²) in [5.74, 6) is 0.904. The van der Waals surface area contributed by atoms with Crippen molar-refractivity contribution in [2.24, 2.45) is 0 Å². The van der Waals surface area contributed by atoms with Gasteiger partial charge in [-0.2, -0.15) is 0 Å². The molecule has 1 aromatic carbocycles. The van der Waals surface area contributed by atoms with Crippen LogP contribution in [0, 0.1) is 0 Å². The summed E-state index contributed by atoms with van der Waals surface area (Å²) in [6.45, 7) is 8.56. The zero-order valence-corrected chi connectivity index (χ0v) is 17.9. The van der Waals surface area contributed by atoms with Crippen LogP contribution in [0.5, 0.6) is 5.75 Å². The molecule has 0 saturated carbocycles. The van der Waals surface area contributed by atoms with Gasteiger partial charge in [-0.1, -0.05) is 30.4 Å². The van der Waals surface area contributed by atoms with E-state index in [0.717, 1.165) is 43.4 Å². The van der Waals surface area contributed by atoms with Gasteiger partial charge >= 0.3 is 0 Å². The predicted molar refractivity (Wildman–Crippen MR) is 111 cm³/mol. The van der Waals surface area contributed by atoms with E-state index in [1.807, 2.05) is 19.1 Å². The second-order valence-corrected chi connectivity index (χ2v) is 12.8. The topological polar surface area (TPSA) is 38.7 Å². The van der Waals surface area contributed by atoms with E-state index in [2.05, 4.69) is 50.0 Å². The summed E-state index contributed by atoms with van der Waals surface area (Å²) in [6, 6.07) is 8.22. The van der Waals surface area contributed by atoms with Crippen molar-refractivity contribution in [3.63, 3.8) is 0 Å². The molecule has 2 atom stereocenters. The van der Waals surface area contributed by atoms with Crippen LogP contribution < -0.4 is 4.74 Å². The molecule has 1 aliphatic carbocycles. The quantitative estimate of drug-likeness (QED) is 0.473. The van der Waals surface area contributed by atoms with Gasteiger partial charge in [0.05, 0.1) is 18.8 Å². The number of hydrogen-bond donors (Lipinski definition) is 1. The molecule has 0 bridgehead atoms. The van der Waals surface area contributed by atoms with Crippen molar-refractivity contribution >= 4 is 8.32 Å². The Morgan fingerprint density at radius 1 is 1.31 bits per heavy atom. The first-order valence-electron chi connectivity index (χ1n) is 9.59. The van der Waals surface area contributed by atoms with Gasteiger partial charge in [0.1, 0.15) is 5.75 Å². The summed E-state index contributed by atoms with van der Waals surface area (Å²) in [4.78, 5) is 0. The molecule has 1 aliphatic rings. The van der Waals surface area contributed by atoms with Crippen LogP contribution in [0.2, 0.25) is 19.6 Å². The molecular formula is C22H34O3Si. The van der Waals surface area contributed by atoms with Gasteiger partial charge in [0.25, 0.3) is 0 Å². The van der Waals surface area contributed by atoms with Crippen LogP contribution in [0.3, 0.4) is 0 Å². The van der Waals surface area contributed by atoms with Crippen molar-refractivity contribution in [3.8, 4) is 5.75 Å². The maximum absolute atomic E-state index is 10.5. The molecule has 3 nitrogen and oxygen atoms in total. The molecule has 0 saturated heterocycles. The molecular weight excluding hydrogens is 340 g/mol. The SMILES string of the molecule is COc1cccc(CCC=CC(CC2=CCCC2(C)O)O[Si](C)(C)C)c1. The monoisotopic (exact) mass is 374 g/mol. The maximum atomic E-state index is 10.5. The highest BCUT2D eigenvalue weighted by atomic mass is 28.4. The number of methoxy groups -OCH3 is 1. The van der Waals surface area contributed by atoms with Crippen LogP contribution in [0.4, 0.5) is 0 Å². The summed E-state index contributed by atoms with van der Waals surface area (Å²) < 4.78 is 11.6. The molecule has 0 aromatic heterocycles. The lowest BCUT2D eigenvalue weighted by atomic mass is 9.93. The van der Waals surface area contributed by atoms with Crippen molar-refractivity contribution < 1.29 is 14.3 Å². The van der Waals surface area contributed by atoms with Gasteiger partial charge in [0.2, 0.25) is 0 Å². The standard InChI is InChI=1S/C22H34O3Si/c1-22(23)15-9-12-19(22)17-21(25-26(3,4)5)13-7-6-10-18-11-8-14-20(16-18)24-2/h7-8,11-14,16,21,23H,6,9-10,15,17H2,1-5H3. The Balaban J connectivity index is 1.96. The van der Waals surface area contributed by atoms with Gasteiger partial charge in [0, 0.05) is 0 Å². The van der Waals surface area contributed by atoms with Gasteiger partial charge in [-0.05, 0) is 81.9 Å². The number of aryl methyl sites for hydroxylation is 1. The number of benzene rings is 1. The minimum absolute atomic E-state index is 0.0443. The summed E-state index contributed by atoms with van der Waals surface area (Å²) in [5, 5.41) is 10.5. The number of hydrogen-bond acceptors (Lipinski definition) is 3. The number of ether oxygens (including phenoxy) is 1. The molecule has 4 heteroatoms. The molecule has 0 spiro atoms. The molecule has 0 amide bonds. The Hall–Kier alpha value is -1.36. The van der Waals surface area contributed by atoms with Crippen molar-refractivity contribution in [1.82, 2.24) is 0 Å². The summed E-state index contributed by atoms with van der Waals surface area (Å²) >= 11 is 0. The van der Waals surface area contributed by atoms with Crippen LogP contribution in [0.15, 0.2) is 48.1 Å². The molecule has 26 heavy (non-hydrogen) atoms. The highest BCUT2D eigenvalue weighted by Crippen LogP contribution is 2.34. The first-order valence-corrected chi connectivity index (χ1v) is 13.0. The Morgan fingerprint density at radius 2 is 2.08 bits per heavy atom. The number of aliphatic hydroxyl groups is 1. The van der Waals surface area contributed by atoms with Gasteiger partial charge < -0.3 is 14.3 Å². The first kappa shape index (κ1) is 20.9. The number of allylic oxidation sites excluding steroid dienone is 2. The molecule has 0 heterocycles. The lowest BCUT2D eigenvalue weighted by Crippen LogP contribution is -2.33. The van der Waals surface area contributed by atoms with Crippen LogP contribution in [-0.2, 0) is 10.8 Å². The smallest absolute Gasteiger partial charge is 0.184 e. The van der Waals surface area contributed by atoms with Crippen LogP contribution in [0.25, 0.3) is 0 Å². The molecule has 2 rings (SSSR count). The molecule has 144 valence electrons. The van der Waals surface area contributed by atoms with Gasteiger partial charge in [0.15, 0.2) is 8.32 Å². The van der Waals surface area contributed by atoms with E-state index in [1.54, 1.807) is 7.11 Å². The zero-order chi connectivity index (χ0) is 19.2. The van der Waals surface area contributed by atoms with E-state index < -0.39 is 13.9 Å². The number of rotatable bonds is 9. The van der Waals surface area contributed by atoms with E-state index in [-0.39, 0.29) is 6.10 Å². The lowest BCUT2D eigenvalue weighted by Gasteiger charge is -2.28. The molecule has 1 aromatic rings. The average Bonchev–Trinajstić information content (AvgIpc) is 2.88. The Kier molecular flexibility index (Phi) is 7.27. The third-order valence-corrected chi connectivity index (χ3v) is 5.73. The molecule has 2 unspecified atom stereocenters. The minimum atomic E-state index is -1.65. The second-order valence-electron chi connectivity index (χ2n) is 8.33. The molecule has 1 N–H and O–H groups in total. The van der Waals surface area contributed by atoms with Crippen molar-refractivity contribution in [1.29, 1.82) is 0 Å². The Bertz CT molecular complexity index is 641. The van der Waals surface area contributed by atoms with Crippen LogP contribution >= 0.6 is 0 Å². The lowest BCUT2D eigenvalue weighted by molar-refractivity contribution is 0.0900. The highest BCUT2D eigenvalue weighted by molar-refractivity contribution is 6.69. The molecule has 0 radical (unpaired) electrons. The van der Waals surface area contributed by atoms with Gasteiger partial charge in [-0.3, -0.25) is 0 Å². The normalized spacial score (nSPS) is 21.8. The summed E-state index contributed by atoms with van der Waals surface area (Å²) in [6.07, 6.45) is 11.1. The van der Waals surface area contributed by atoms with Crippen LogP contribution in [-0.4, -0.2) is 32.2 Å². The summed E-state index contributed by atoms with van der Waals surface area (Å²) in [7, 11) is 0.0467. The maximum Gasteiger partial charge on any atom is 0.184 e. The van der Waals surface area contributed by atoms with E-state index in [0.29, 0.717) is 0 Å². The fourth-order valence-corrected chi connectivity index (χ4v) is 4.43. The van der Waals surface area contributed by atoms with E-state index in [4.69, 9.17) is 9.16 Å². The summed E-state index contributed by atoms with van der Waals surface area (Å²) in [5.41, 5.74) is 1.73. The van der Waals surface area contributed by atoms with E-state index in [1.165, 1.54) is 5.56 Å². The Morgan fingerprint density at radius 3 is 2.69 bits per heavy atom. The third kappa shape index (κ3) is 6.75. The van der Waals surface area contributed by atoms with Crippen molar-refractivity contribution in [2.75, 3.05) is 7.11 Å². The largest absolute Gasteiger partial charge is 0.497 e. The Labute approximate surface area is 159 Å². The first-order chi connectivity index (χ1) is 12.2. The highest BCUT2D eigenvalue weighted by Gasteiger charge is 2.31. The third-order valence-electron chi connectivity index (χ3n) is 4.72. The molecule has 0 fully saturated rings. The second kappa shape index (κ2) is 9.02. The van der Waals surface area contributed by atoms with Gasteiger partial charge in [-0.15, -0.1) is 0 Å². The van der Waals surface area contributed by atoms with Gasteiger partial charge in [-0.25, -0.2) is 0 Å². The molecule has 0 aliphatic heterocycles. The predicted octanol–water partition coefficient (Wildman–Crippen LogP) is 5.27. The minimum Gasteiger partial charge on any atom is -0.497 e. The van der Waals surface area contributed by atoms with E-state index in [9.17, 15) is 5.11 Å².